The first-order valence-corrected chi connectivity index (χ1v) is 7.38. The quantitative estimate of drug-likeness (QED) is 0.845. The second kappa shape index (κ2) is 7.00. The highest BCUT2D eigenvalue weighted by Crippen LogP contribution is 2.12. The molecular formula is C16H20FN3O2. The number of halogens is 1. The normalized spacial score (nSPS) is 18.8. The molecule has 0 radical (unpaired) electrons. The molecule has 6 heteroatoms. The van der Waals surface area contributed by atoms with Gasteiger partial charge in [-0.3, -0.25) is 4.90 Å². The van der Waals surface area contributed by atoms with Crippen molar-refractivity contribution in [1.82, 2.24) is 14.7 Å². The molecule has 5 nitrogen and oxygen atoms in total. The summed E-state index contributed by atoms with van der Waals surface area (Å²) < 4.78 is 26.0. The molecular weight excluding hydrogens is 285 g/mol. The third kappa shape index (κ3) is 3.91. The monoisotopic (exact) mass is 305 g/mol. The number of hydrogen-bond acceptors (Lipinski definition) is 4. The topological polar surface area (TPSA) is 39.5 Å². The van der Waals surface area contributed by atoms with Gasteiger partial charge in [0, 0.05) is 24.8 Å². The first-order valence-electron chi connectivity index (χ1n) is 7.38. The Hall–Kier alpha value is -1.76. The molecule has 0 amide bonds. The molecule has 0 saturated carbocycles. The average molecular weight is 305 g/mol. The summed E-state index contributed by atoms with van der Waals surface area (Å²) in [5.41, 5.74) is 1.79. The third-order valence-corrected chi connectivity index (χ3v) is 3.56. The van der Waals surface area contributed by atoms with E-state index >= 15 is 0 Å². The lowest BCUT2D eigenvalue weighted by atomic mass is 10.3. The van der Waals surface area contributed by atoms with E-state index in [0.29, 0.717) is 19.8 Å². The van der Waals surface area contributed by atoms with Gasteiger partial charge in [0.25, 0.3) is 0 Å². The average Bonchev–Trinajstić information content (AvgIpc) is 2.96. The molecule has 1 aliphatic rings. The Balaban J connectivity index is 1.59. The third-order valence-electron chi connectivity index (χ3n) is 3.56. The van der Waals surface area contributed by atoms with Crippen LogP contribution in [0.3, 0.4) is 0 Å². The fourth-order valence-electron chi connectivity index (χ4n) is 2.57. The zero-order valence-corrected chi connectivity index (χ0v) is 12.6. The van der Waals surface area contributed by atoms with E-state index < -0.39 is 0 Å². The van der Waals surface area contributed by atoms with Crippen molar-refractivity contribution in [2.75, 3.05) is 33.4 Å². The molecule has 1 saturated heterocycles. The summed E-state index contributed by atoms with van der Waals surface area (Å²) in [6, 6.07) is 6.40. The maximum atomic E-state index is 13.3. The Morgan fingerprint density at radius 1 is 1.41 bits per heavy atom. The zero-order chi connectivity index (χ0) is 15.4. The van der Waals surface area contributed by atoms with E-state index in [1.165, 1.54) is 12.1 Å². The summed E-state index contributed by atoms with van der Waals surface area (Å²) in [5.74, 6) is -0.263. The van der Waals surface area contributed by atoms with Gasteiger partial charge in [0.05, 0.1) is 37.8 Å². The van der Waals surface area contributed by atoms with Gasteiger partial charge in [-0.15, -0.1) is 0 Å². The Labute approximate surface area is 129 Å². The lowest BCUT2D eigenvalue weighted by Crippen LogP contribution is -2.38. The summed E-state index contributed by atoms with van der Waals surface area (Å²) in [4.78, 5) is 2.17. The van der Waals surface area contributed by atoms with Crippen molar-refractivity contribution in [3.63, 3.8) is 0 Å². The molecule has 0 aliphatic carbocycles. The smallest absolute Gasteiger partial charge is 0.125 e. The molecule has 1 aliphatic heterocycles. The second-order valence-corrected chi connectivity index (χ2v) is 5.54. The number of nitrogens with zero attached hydrogens (tertiary/aromatic N) is 3. The van der Waals surface area contributed by atoms with Crippen LogP contribution in [0, 0.1) is 5.82 Å². The van der Waals surface area contributed by atoms with Gasteiger partial charge in [-0.05, 0) is 25.2 Å². The molecule has 22 heavy (non-hydrogen) atoms. The molecule has 2 heterocycles. The maximum Gasteiger partial charge on any atom is 0.125 e. The lowest BCUT2D eigenvalue weighted by Gasteiger charge is -2.27. The van der Waals surface area contributed by atoms with Crippen molar-refractivity contribution in [3.8, 4) is 5.69 Å². The van der Waals surface area contributed by atoms with Crippen molar-refractivity contribution >= 4 is 0 Å². The molecule has 1 aromatic heterocycles. The SMILES string of the molecule is CN(Cc1cnn(-c2cccc(F)c2)c1)CC1COCCO1. The van der Waals surface area contributed by atoms with Crippen molar-refractivity contribution in [2.24, 2.45) is 0 Å². The number of likely N-dealkylation sites (N-methyl/N-ethyl adjacent to an activating group) is 1. The fourth-order valence-corrected chi connectivity index (χ4v) is 2.57. The minimum absolute atomic E-state index is 0.122. The van der Waals surface area contributed by atoms with E-state index in [1.54, 1.807) is 16.9 Å². The van der Waals surface area contributed by atoms with Crippen LogP contribution in [0.25, 0.3) is 5.69 Å². The van der Waals surface area contributed by atoms with Crippen LogP contribution < -0.4 is 0 Å². The largest absolute Gasteiger partial charge is 0.376 e. The van der Waals surface area contributed by atoms with Crippen molar-refractivity contribution in [3.05, 3.63) is 48.0 Å². The predicted octanol–water partition coefficient (Wildman–Crippen LogP) is 1.86. The van der Waals surface area contributed by atoms with Crippen molar-refractivity contribution in [2.45, 2.75) is 12.6 Å². The first kappa shape index (κ1) is 15.1. The highest BCUT2D eigenvalue weighted by atomic mass is 19.1. The first-order chi connectivity index (χ1) is 10.7. The molecule has 1 unspecified atom stereocenters. The summed E-state index contributed by atoms with van der Waals surface area (Å²) in [5, 5.41) is 4.29. The van der Waals surface area contributed by atoms with Gasteiger partial charge in [-0.2, -0.15) is 5.10 Å². The van der Waals surface area contributed by atoms with Crippen LogP contribution >= 0.6 is 0 Å². The van der Waals surface area contributed by atoms with Crippen molar-refractivity contribution < 1.29 is 13.9 Å². The molecule has 118 valence electrons. The number of aromatic nitrogens is 2. The summed E-state index contributed by atoms with van der Waals surface area (Å²) >= 11 is 0. The lowest BCUT2D eigenvalue weighted by molar-refractivity contribution is -0.0962. The van der Waals surface area contributed by atoms with Gasteiger partial charge < -0.3 is 9.47 Å². The van der Waals surface area contributed by atoms with Gasteiger partial charge in [0.1, 0.15) is 5.82 Å². The molecule has 2 aromatic rings. The van der Waals surface area contributed by atoms with Crippen LogP contribution in [0.1, 0.15) is 5.56 Å². The molecule has 1 aromatic carbocycles. The van der Waals surface area contributed by atoms with Gasteiger partial charge in [0.2, 0.25) is 0 Å². The van der Waals surface area contributed by atoms with E-state index in [-0.39, 0.29) is 11.9 Å². The van der Waals surface area contributed by atoms with Crippen LogP contribution in [0.5, 0.6) is 0 Å². The Bertz CT molecular complexity index is 611. The van der Waals surface area contributed by atoms with Crippen LogP contribution in [0.2, 0.25) is 0 Å². The zero-order valence-electron chi connectivity index (χ0n) is 12.6. The fraction of sp³-hybridized carbons (Fsp3) is 0.438. The number of rotatable bonds is 5. The van der Waals surface area contributed by atoms with Crippen LogP contribution in [0.4, 0.5) is 4.39 Å². The van der Waals surface area contributed by atoms with Gasteiger partial charge in [0.15, 0.2) is 0 Å². The van der Waals surface area contributed by atoms with Crippen LogP contribution in [-0.4, -0.2) is 54.2 Å². The molecule has 1 atom stereocenters. The predicted molar refractivity (Wildman–Crippen MR) is 80.4 cm³/mol. The van der Waals surface area contributed by atoms with Crippen LogP contribution in [-0.2, 0) is 16.0 Å². The Kier molecular flexibility index (Phi) is 4.82. The summed E-state index contributed by atoms with van der Waals surface area (Å²) in [7, 11) is 2.04. The van der Waals surface area contributed by atoms with E-state index in [4.69, 9.17) is 9.47 Å². The van der Waals surface area contributed by atoms with E-state index in [1.807, 2.05) is 19.3 Å². The van der Waals surface area contributed by atoms with E-state index in [9.17, 15) is 4.39 Å². The van der Waals surface area contributed by atoms with Gasteiger partial charge in [-0.25, -0.2) is 9.07 Å². The number of ether oxygens (including phenoxy) is 2. The minimum atomic E-state index is -0.263. The second-order valence-electron chi connectivity index (χ2n) is 5.54. The summed E-state index contributed by atoms with van der Waals surface area (Å²) in [6.45, 7) is 3.56. The maximum absolute atomic E-state index is 13.3. The molecule has 0 N–H and O–H groups in total. The number of hydrogen-bond donors (Lipinski definition) is 0. The van der Waals surface area contributed by atoms with E-state index in [2.05, 4.69) is 10.00 Å². The molecule has 1 fully saturated rings. The number of benzene rings is 1. The highest BCUT2D eigenvalue weighted by molar-refractivity contribution is 5.31. The molecule has 0 spiro atoms. The molecule has 3 rings (SSSR count). The van der Waals surface area contributed by atoms with Crippen LogP contribution in [0.15, 0.2) is 36.7 Å². The van der Waals surface area contributed by atoms with Gasteiger partial charge in [-0.1, -0.05) is 6.07 Å². The molecule has 0 bridgehead atoms. The standard InChI is InChI=1S/C16H20FN3O2/c1-19(11-16-12-21-5-6-22-16)9-13-8-18-20(10-13)15-4-2-3-14(17)7-15/h2-4,7-8,10,16H,5-6,9,11-12H2,1H3. The Morgan fingerprint density at radius 3 is 3.09 bits per heavy atom. The Morgan fingerprint density at radius 2 is 2.32 bits per heavy atom. The highest BCUT2D eigenvalue weighted by Gasteiger charge is 2.16. The minimum Gasteiger partial charge on any atom is -0.376 e. The van der Waals surface area contributed by atoms with Crippen molar-refractivity contribution in [1.29, 1.82) is 0 Å². The summed E-state index contributed by atoms with van der Waals surface area (Å²) in [6.07, 6.45) is 3.85. The van der Waals surface area contributed by atoms with Gasteiger partial charge >= 0.3 is 0 Å². The van der Waals surface area contributed by atoms with E-state index in [0.717, 1.165) is 24.3 Å².